The van der Waals surface area contributed by atoms with Crippen LogP contribution in [0.4, 0.5) is 0 Å². The van der Waals surface area contributed by atoms with Crippen molar-refractivity contribution in [2.75, 3.05) is 0 Å². The van der Waals surface area contributed by atoms with E-state index in [0.717, 1.165) is 11.7 Å². The first-order valence-corrected chi connectivity index (χ1v) is 6.67. The highest BCUT2D eigenvalue weighted by Gasteiger charge is 2.38. The van der Waals surface area contributed by atoms with Crippen molar-refractivity contribution in [2.24, 2.45) is 5.73 Å². The third-order valence-corrected chi connectivity index (χ3v) is 4.68. The molecule has 0 heterocycles. The molecule has 80 valence electrons. The average molecular weight is 219 g/mol. The van der Waals surface area contributed by atoms with Gasteiger partial charge in [0.15, 0.2) is 0 Å². The van der Waals surface area contributed by atoms with Crippen LogP contribution < -0.4 is 5.73 Å². The second-order valence-electron chi connectivity index (χ2n) is 4.96. The van der Waals surface area contributed by atoms with Gasteiger partial charge in [-0.25, -0.2) is 0 Å². The van der Waals surface area contributed by atoms with Gasteiger partial charge in [-0.05, 0) is 43.7 Å². The summed E-state index contributed by atoms with van der Waals surface area (Å²) in [6, 6.07) is 8.78. The Hall–Kier alpha value is -0.470. The maximum absolute atomic E-state index is 6.18. The van der Waals surface area contributed by atoms with Gasteiger partial charge in [0, 0.05) is 15.7 Å². The fourth-order valence-electron chi connectivity index (χ4n) is 1.85. The van der Waals surface area contributed by atoms with E-state index < -0.39 is 0 Å². The Bertz CT molecular complexity index is 367. The molecule has 0 aliphatic heterocycles. The second kappa shape index (κ2) is 3.53. The van der Waals surface area contributed by atoms with Crippen LogP contribution in [0.3, 0.4) is 0 Å². The number of nitrogens with two attached hydrogens (primary N) is 1. The van der Waals surface area contributed by atoms with Crippen LogP contribution >= 0.6 is 11.8 Å². The Balaban J connectivity index is 1.78. The minimum Gasteiger partial charge on any atom is -0.325 e. The van der Waals surface area contributed by atoms with E-state index >= 15 is 0 Å². The first-order valence-electron chi connectivity index (χ1n) is 5.79. The summed E-state index contributed by atoms with van der Waals surface area (Å²) in [5, 5.41) is 0.888. The molecule has 0 atom stereocenters. The van der Waals surface area contributed by atoms with E-state index in [1.165, 1.54) is 36.1 Å². The van der Waals surface area contributed by atoms with Crippen LogP contribution in [0.25, 0.3) is 0 Å². The molecule has 0 saturated heterocycles. The third-order valence-electron chi connectivity index (χ3n) is 3.23. The van der Waals surface area contributed by atoms with Crippen molar-refractivity contribution in [3.63, 3.8) is 0 Å². The minimum atomic E-state index is 0.139. The fourth-order valence-corrected chi connectivity index (χ4v) is 3.03. The zero-order valence-electron chi connectivity index (χ0n) is 8.91. The van der Waals surface area contributed by atoms with E-state index in [4.69, 9.17) is 5.73 Å². The van der Waals surface area contributed by atoms with Crippen LogP contribution in [0.2, 0.25) is 0 Å². The summed E-state index contributed by atoms with van der Waals surface area (Å²) < 4.78 is 0. The molecular weight excluding hydrogens is 202 g/mol. The van der Waals surface area contributed by atoms with Crippen molar-refractivity contribution in [2.45, 2.75) is 47.8 Å². The van der Waals surface area contributed by atoms with Gasteiger partial charge in [-0.3, -0.25) is 0 Å². The summed E-state index contributed by atoms with van der Waals surface area (Å²) >= 11 is 2.05. The lowest BCUT2D eigenvalue weighted by Crippen LogP contribution is -2.24. The van der Waals surface area contributed by atoms with Crippen molar-refractivity contribution in [3.05, 3.63) is 29.8 Å². The summed E-state index contributed by atoms with van der Waals surface area (Å²) in [4.78, 5) is 1.47. The summed E-state index contributed by atoms with van der Waals surface area (Å²) in [6.45, 7) is 0. The van der Waals surface area contributed by atoms with Crippen molar-refractivity contribution in [3.8, 4) is 0 Å². The Kier molecular flexibility index (Phi) is 2.29. The molecular formula is C13H17NS. The number of rotatable bonds is 4. The van der Waals surface area contributed by atoms with Gasteiger partial charge in [-0.2, -0.15) is 0 Å². The molecule has 0 unspecified atom stereocenters. The van der Waals surface area contributed by atoms with Crippen molar-refractivity contribution < 1.29 is 0 Å². The molecule has 2 N–H and O–H groups in total. The van der Waals surface area contributed by atoms with Crippen LogP contribution in [-0.4, -0.2) is 10.8 Å². The first kappa shape index (κ1) is 9.73. The molecule has 2 saturated carbocycles. The van der Waals surface area contributed by atoms with E-state index in [2.05, 4.69) is 24.3 Å². The maximum Gasteiger partial charge on any atom is 0.0196 e. The molecule has 1 aromatic rings. The Morgan fingerprint density at radius 2 is 2.00 bits per heavy atom. The van der Waals surface area contributed by atoms with Crippen LogP contribution in [-0.2, 0) is 6.42 Å². The SMILES string of the molecule is NC1(Cc2ccccc2SC2CC2)CC1. The van der Waals surface area contributed by atoms with Gasteiger partial charge in [-0.1, -0.05) is 18.2 Å². The smallest absolute Gasteiger partial charge is 0.0196 e. The van der Waals surface area contributed by atoms with Crippen LogP contribution in [0, 0.1) is 0 Å². The lowest BCUT2D eigenvalue weighted by molar-refractivity contribution is 0.665. The van der Waals surface area contributed by atoms with Crippen LogP contribution in [0.5, 0.6) is 0 Å². The van der Waals surface area contributed by atoms with Gasteiger partial charge in [0.1, 0.15) is 0 Å². The highest BCUT2D eigenvalue weighted by atomic mass is 32.2. The quantitative estimate of drug-likeness (QED) is 0.842. The molecule has 0 bridgehead atoms. The monoisotopic (exact) mass is 219 g/mol. The van der Waals surface area contributed by atoms with E-state index in [-0.39, 0.29) is 5.54 Å². The molecule has 2 fully saturated rings. The van der Waals surface area contributed by atoms with E-state index in [1.807, 2.05) is 11.8 Å². The topological polar surface area (TPSA) is 26.0 Å². The number of thioether (sulfide) groups is 1. The van der Waals surface area contributed by atoms with Gasteiger partial charge < -0.3 is 5.73 Å². The second-order valence-corrected chi connectivity index (χ2v) is 6.31. The van der Waals surface area contributed by atoms with Gasteiger partial charge in [0.05, 0.1) is 0 Å². The third kappa shape index (κ3) is 2.37. The van der Waals surface area contributed by atoms with Gasteiger partial charge in [-0.15, -0.1) is 11.8 Å². The molecule has 2 aliphatic carbocycles. The normalized spacial score (nSPS) is 22.7. The van der Waals surface area contributed by atoms with Gasteiger partial charge >= 0.3 is 0 Å². The number of hydrogen-bond acceptors (Lipinski definition) is 2. The maximum atomic E-state index is 6.18. The van der Waals surface area contributed by atoms with Crippen molar-refractivity contribution in [1.82, 2.24) is 0 Å². The standard InChI is InChI=1S/C13H17NS/c14-13(7-8-13)9-10-3-1-2-4-12(10)15-11-5-6-11/h1-4,11H,5-9,14H2. The number of benzene rings is 1. The van der Waals surface area contributed by atoms with Gasteiger partial charge in [0.25, 0.3) is 0 Å². The Morgan fingerprint density at radius 1 is 1.27 bits per heavy atom. The lowest BCUT2D eigenvalue weighted by atomic mass is 10.1. The summed E-state index contributed by atoms with van der Waals surface area (Å²) in [5.41, 5.74) is 7.79. The lowest BCUT2D eigenvalue weighted by Gasteiger charge is -2.12. The van der Waals surface area contributed by atoms with E-state index in [1.54, 1.807) is 0 Å². The largest absolute Gasteiger partial charge is 0.325 e. The molecule has 1 aromatic carbocycles. The van der Waals surface area contributed by atoms with Crippen molar-refractivity contribution in [1.29, 1.82) is 0 Å². The van der Waals surface area contributed by atoms with E-state index in [0.29, 0.717) is 0 Å². The molecule has 0 spiro atoms. The summed E-state index contributed by atoms with van der Waals surface area (Å²) in [7, 11) is 0. The van der Waals surface area contributed by atoms with Crippen LogP contribution in [0.1, 0.15) is 31.2 Å². The number of hydrogen-bond donors (Lipinski definition) is 1. The molecule has 2 aliphatic rings. The van der Waals surface area contributed by atoms with Crippen LogP contribution in [0.15, 0.2) is 29.2 Å². The fraction of sp³-hybridized carbons (Fsp3) is 0.538. The summed E-state index contributed by atoms with van der Waals surface area (Å²) in [6.07, 6.45) is 6.27. The molecule has 0 amide bonds. The molecule has 0 radical (unpaired) electrons. The predicted octanol–water partition coefficient (Wildman–Crippen LogP) is 2.97. The average Bonchev–Trinajstić information content (AvgIpc) is 3.10. The predicted molar refractivity (Wildman–Crippen MR) is 65.2 cm³/mol. The highest BCUT2D eigenvalue weighted by molar-refractivity contribution is 8.00. The Labute approximate surface area is 95.4 Å². The highest BCUT2D eigenvalue weighted by Crippen LogP contribution is 2.43. The van der Waals surface area contributed by atoms with Gasteiger partial charge in [0.2, 0.25) is 0 Å². The Morgan fingerprint density at radius 3 is 2.67 bits per heavy atom. The zero-order chi connectivity index (χ0) is 10.3. The van der Waals surface area contributed by atoms with Crippen molar-refractivity contribution >= 4 is 11.8 Å². The molecule has 3 rings (SSSR count). The zero-order valence-corrected chi connectivity index (χ0v) is 9.72. The minimum absolute atomic E-state index is 0.139. The first-order chi connectivity index (χ1) is 7.25. The van der Waals surface area contributed by atoms with E-state index in [9.17, 15) is 0 Å². The molecule has 15 heavy (non-hydrogen) atoms. The molecule has 2 heteroatoms. The molecule has 1 nitrogen and oxygen atoms in total. The summed E-state index contributed by atoms with van der Waals surface area (Å²) in [5.74, 6) is 0. The molecule has 0 aromatic heterocycles.